The first-order valence-corrected chi connectivity index (χ1v) is 7.02. The van der Waals surface area contributed by atoms with Gasteiger partial charge in [0.25, 0.3) is 0 Å². The Morgan fingerprint density at radius 2 is 1.00 bits per heavy atom. The summed E-state index contributed by atoms with van der Waals surface area (Å²) in [6, 6.07) is 0. The third-order valence-corrected chi connectivity index (χ3v) is 2.62. The van der Waals surface area contributed by atoms with Gasteiger partial charge in [0.05, 0.1) is 13.2 Å². The molecule has 0 aliphatic rings. The molecule has 0 heterocycles. The van der Waals surface area contributed by atoms with Gasteiger partial charge >= 0.3 is 11.9 Å². The molecule has 0 unspecified atom stereocenters. The zero-order valence-corrected chi connectivity index (χ0v) is 11.7. The SMILES string of the molecule is C.CCOC(=O)CCCCCCCCC(=O)OCC. The van der Waals surface area contributed by atoms with E-state index in [1.165, 1.54) is 0 Å². The summed E-state index contributed by atoms with van der Waals surface area (Å²) < 4.78 is 9.69. The highest BCUT2D eigenvalue weighted by molar-refractivity contribution is 5.69. The lowest BCUT2D eigenvalue weighted by molar-refractivity contribution is -0.144. The minimum atomic E-state index is -0.0974. The van der Waals surface area contributed by atoms with Crippen molar-refractivity contribution in [2.24, 2.45) is 0 Å². The maximum Gasteiger partial charge on any atom is 0.305 e. The molecule has 0 aliphatic carbocycles. The molecule has 0 amide bonds. The van der Waals surface area contributed by atoms with E-state index in [9.17, 15) is 9.59 Å². The molecule has 0 aromatic carbocycles. The summed E-state index contributed by atoms with van der Waals surface area (Å²) in [5.74, 6) is -0.195. The van der Waals surface area contributed by atoms with E-state index in [0.717, 1.165) is 38.5 Å². The molecule has 0 bridgehead atoms. The lowest BCUT2D eigenvalue weighted by Gasteiger charge is -2.03. The van der Waals surface area contributed by atoms with Crippen molar-refractivity contribution < 1.29 is 19.1 Å². The summed E-state index contributed by atoms with van der Waals surface area (Å²) in [4.78, 5) is 22.1. The molecule has 4 nitrogen and oxygen atoms in total. The Kier molecular flexibility index (Phi) is 16.0. The first-order chi connectivity index (χ1) is 8.70. The number of rotatable bonds is 11. The lowest BCUT2D eigenvalue weighted by atomic mass is 10.1. The van der Waals surface area contributed by atoms with Crippen LogP contribution < -0.4 is 0 Å². The fourth-order valence-electron chi connectivity index (χ4n) is 1.71. The normalized spacial score (nSPS) is 9.58. The van der Waals surface area contributed by atoms with Crippen molar-refractivity contribution in [3.8, 4) is 0 Å². The second kappa shape index (κ2) is 15.0. The molecule has 0 aromatic rings. The van der Waals surface area contributed by atoms with Gasteiger partial charge < -0.3 is 9.47 Å². The van der Waals surface area contributed by atoms with Crippen molar-refractivity contribution in [2.75, 3.05) is 13.2 Å². The number of ether oxygens (including phenoxy) is 2. The van der Waals surface area contributed by atoms with Crippen molar-refractivity contribution in [2.45, 2.75) is 72.6 Å². The summed E-state index contributed by atoms with van der Waals surface area (Å²) in [5, 5.41) is 0. The van der Waals surface area contributed by atoms with Crippen LogP contribution in [0.4, 0.5) is 0 Å². The molecule has 114 valence electrons. The average Bonchev–Trinajstić information content (AvgIpc) is 2.33. The Morgan fingerprint density at radius 3 is 1.32 bits per heavy atom. The summed E-state index contributed by atoms with van der Waals surface area (Å²) >= 11 is 0. The van der Waals surface area contributed by atoms with Gasteiger partial charge in [-0.25, -0.2) is 0 Å². The molecule has 0 saturated heterocycles. The molecule has 0 rings (SSSR count). The van der Waals surface area contributed by atoms with Gasteiger partial charge in [0.1, 0.15) is 0 Å². The van der Waals surface area contributed by atoms with Gasteiger partial charge in [-0.1, -0.05) is 33.1 Å². The Morgan fingerprint density at radius 1 is 0.684 bits per heavy atom. The van der Waals surface area contributed by atoms with Crippen molar-refractivity contribution >= 4 is 11.9 Å². The van der Waals surface area contributed by atoms with Crippen molar-refractivity contribution in [3.63, 3.8) is 0 Å². The second-order valence-corrected chi connectivity index (χ2v) is 4.23. The van der Waals surface area contributed by atoms with Gasteiger partial charge in [0.2, 0.25) is 0 Å². The van der Waals surface area contributed by atoms with Gasteiger partial charge in [0.15, 0.2) is 0 Å². The Bertz CT molecular complexity index is 202. The molecule has 0 fully saturated rings. The third-order valence-electron chi connectivity index (χ3n) is 2.62. The Labute approximate surface area is 117 Å². The number of carbonyl (C=O) groups excluding carboxylic acids is 2. The minimum absolute atomic E-state index is 0. The number of esters is 2. The molecule has 0 aromatic heterocycles. The van der Waals surface area contributed by atoms with E-state index in [0.29, 0.717) is 26.1 Å². The quantitative estimate of drug-likeness (QED) is 0.424. The highest BCUT2D eigenvalue weighted by atomic mass is 16.5. The van der Waals surface area contributed by atoms with Crippen LogP contribution in [-0.2, 0) is 19.1 Å². The molecule has 19 heavy (non-hydrogen) atoms. The minimum Gasteiger partial charge on any atom is -0.466 e. The summed E-state index contributed by atoms with van der Waals surface area (Å²) in [6.07, 6.45) is 7.18. The molecule has 0 saturated carbocycles. The Hall–Kier alpha value is -1.06. The zero-order valence-electron chi connectivity index (χ0n) is 11.7. The van der Waals surface area contributed by atoms with E-state index in [2.05, 4.69) is 0 Å². The van der Waals surface area contributed by atoms with Crippen LogP contribution in [0.15, 0.2) is 0 Å². The largest absolute Gasteiger partial charge is 0.466 e. The standard InChI is InChI=1S/C14H26O4.CH4/c1-3-17-13(15)11-9-7-5-6-8-10-12-14(16)18-4-2;/h3-12H2,1-2H3;1H4. The average molecular weight is 274 g/mol. The molecule has 0 aliphatic heterocycles. The van der Waals surface area contributed by atoms with Gasteiger partial charge in [-0.05, 0) is 26.7 Å². The van der Waals surface area contributed by atoms with E-state index in [4.69, 9.17) is 9.47 Å². The van der Waals surface area contributed by atoms with Gasteiger partial charge in [-0.2, -0.15) is 0 Å². The molecular formula is C15H30O4. The van der Waals surface area contributed by atoms with Crippen molar-refractivity contribution in [1.29, 1.82) is 0 Å². The van der Waals surface area contributed by atoms with Crippen LogP contribution >= 0.6 is 0 Å². The van der Waals surface area contributed by atoms with E-state index in [1.807, 2.05) is 13.8 Å². The number of hydrogen-bond donors (Lipinski definition) is 0. The predicted molar refractivity (Wildman–Crippen MR) is 76.9 cm³/mol. The number of unbranched alkanes of at least 4 members (excludes halogenated alkanes) is 5. The fraction of sp³-hybridized carbons (Fsp3) is 0.867. The van der Waals surface area contributed by atoms with E-state index < -0.39 is 0 Å². The molecule has 0 spiro atoms. The topological polar surface area (TPSA) is 52.6 Å². The Balaban J connectivity index is 0. The van der Waals surface area contributed by atoms with Crippen molar-refractivity contribution in [3.05, 3.63) is 0 Å². The van der Waals surface area contributed by atoms with Crippen LogP contribution in [0.2, 0.25) is 0 Å². The van der Waals surface area contributed by atoms with Gasteiger partial charge in [-0.15, -0.1) is 0 Å². The smallest absolute Gasteiger partial charge is 0.305 e. The molecule has 0 N–H and O–H groups in total. The maximum absolute atomic E-state index is 11.0. The monoisotopic (exact) mass is 274 g/mol. The van der Waals surface area contributed by atoms with Crippen molar-refractivity contribution in [1.82, 2.24) is 0 Å². The molecular weight excluding hydrogens is 244 g/mol. The summed E-state index contributed by atoms with van der Waals surface area (Å²) in [6.45, 7) is 4.57. The predicted octanol–water partition coefficient (Wildman–Crippen LogP) is 3.87. The summed E-state index contributed by atoms with van der Waals surface area (Å²) in [5.41, 5.74) is 0. The second-order valence-electron chi connectivity index (χ2n) is 4.23. The van der Waals surface area contributed by atoms with Crippen LogP contribution in [0.1, 0.15) is 72.6 Å². The van der Waals surface area contributed by atoms with E-state index in [-0.39, 0.29) is 19.4 Å². The lowest BCUT2D eigenvalue weighted by Crippen LogP contribution is -2.03. The van der Waals surface area contributed by atoms with Gasteiger partial charge in [-0.3, -0.25) is 9.59 Å². The van der Waals surface area contributed by atoms with Crippen LogP contribution in [0.25, 0.3) is 0 Å². The van der Waals surface area contributed by atoms with Crippen LogP contribution in [0.3, 0.4) is 0 Å². The highest BCUT2D eigenvalue weighted by Gasteiger charge is 2.02. The highest BCUT2D eigenvalue weighted by Crippen LogP contribution is 2.09. The molecule has 4 heteroatoms. The third kappa shape index (κ3) is 14.9. The molecule has 0 radical (unpaired) electrons. The van der Waals surface area contributed by atoms with Crippen LogP contribution in [0, 0.1) is 0 Å². The first-order valence-electron chi connectivity index (χ1n) is 7.02. The van der Waals surface area contributed by atoms with E-state index in [1.54, 1.807) is 0 Å². The zero-order chi connectivity index (χ0) is 13.6. The summed E-state index contributed by atoms with van der Waals surface area (Å²) in [7, 11) is 0. The first kappa shape index (κ1) is 20.3. The number of carbonyl (C=O) groups is 2. The molecule has 0 atom stereocenters. The number of hydrogen-bond acceptors (Lipinski definition) is 4. The fourth-order valence-corrected chi connectivity index (χ4v) is 1.71. The maximum atomic E-state index is 11.0. The van der Waals surface area contributed by atoms with Crippen LogP contribution in [-0.4, -0.2) is 25.2 Å². The van der Waals surface area contributed by atoms with Crippen LogP contribution in [0.5, 0.6) is 0 Å². The van der Waals surface area contributed by atoms with Gasteiger partial charge in [0, 0.05) is 12.8 Å². The van der Waals surface area contributed by atoms with E-state index >= 15 is 0 Å².